The maximum Gasteiger partial charge on any atom is 0.0928 e. The largest absolute Gasteiger partial charge is 0.390 e. The SMILES string of the molecule is CCCc1nc(CN2CCC3(O)CCCCC3C2)cs1. The van der Waals surface area contributed by atoms with Crippen LogP contribution in [0, 0.1) is 5.92 Å². The van der Waals surface area contributed by atoms with Crippen LogP contribution in [0.1, 0.15) is 56.2 Å². The van der Waals surface area contributed by atoms with Crippen molar-refractivity contribution in [2.24, 2.45) is 5.92 Å². The third kappa shape index (κ3) is 3.07. The van der Waals surface area contributed by atoms with E-state index in [1.807, 2.05) is 0 Å². The van der Waals surface area contributed by atoms with Gasteiger partial charge in [-0.2, -0.15) is 0 Å². The lowest BCUT2D eigenvalue weighted by molar-refractivity contribution is -0.0969. The lowest BCUT2D eigenvalue weighted by atomic mass is 9.71. The molecule has 0 radical (unpaired) electrons. The van der Waals surface area contributed by atoms with Gasteiger partial charge < -0.3 is 5.11 Å². The van der Waals surface area contributed by atoms with Gasteiger partial charge in [-0.1, -0.05) is 19.8 Å². The number of fused-ring (bicyclic) bond motifs is 1. The molecule has 1 aromatic rings. The summed E-state index contributed by atoms with van der Waals surface area (Å²) in [6.07, 6.45) is 7.94. The number of hydrogen-bond donors (Lipinski definition) is 1. The van der Waals surface area contributed by atoms with Gasteiger partial charge in [-0.3, -0.25) is 4.90 Å². The average Bonchev–Trinajstić information content (AvgIpc) is 2.87. The van der Waals surface area contributed by atoms with Gasteiger partial charge in [-0.05, 0) is 32.1 Å². The Bertz CT molecular complexity index is 447. The van der Waals surface area contributed by atoms with Crippen LogP contribution in [0.3, 0.4) is 0 Å². The fourth-order valence-corrected chi connectivity index (χ4v) is 4.65. The highest BCUT2D eigenvalue weighted by molar-refractivity contribution is 7.09. The Hall–Kier alpha value is -0.450. The minimum absolute atomic E-state index is 0.357. The highest BCUT2D eigenvalue weighted by atomic mass is 32.1. The molecule has 2 atom stereocenters. The van der Waals surface area contributed by atoms with Crippen LogP contribution in [0.4, 0.5) is 0 Å². The second kappa shape index (κ2) is 6.12. The Morgan fingerprint density at radius 3 is 3.20 bits per heavy atom. The molecule has 0 bridgehead atoms. The quantitative estimate of drug-likeness (QED) is 0.926. The maximum absolute atomic E-state index is 10.7. The van der Waals surface area contributed by atoms with Gasteiger partial charge in [0.1, 0.15) is 0 Å². The molecular formula is C16H26N2OS. The molecule has 1 saturated carbocycles. The second-order valence-electron chi connectivity index (χ2n) is 6.51. The van der Waals surface area contributed by atoms with Crippen LogP contribution < -0.4 is 0 Å². The van der Waals surface area contributed by atoms with E-state index < -0.39 is 0 Å². The first-order chi connectivity index (χ1) is 9.69. The van der Waals surface area contributed by atoms with Gasteiger partial charge in [0.15, 0.2) is 0 Å². The number of thiazole rings is 1. The minimum Gasteiger partial charge on any atom is -0.390 e. The van der Waals surface area contributed by atoms with E-state index in [1.165, 1.54) is 36.4 Å². The van der Waals surface area contributed by atoms with Crippen molar-refractivity contribution in [1.29, 1.82) is 0 Å². The van der Waals surface area contributed by atoms with Gasteiger partial charge in [-0.15, -0.1) is 11.3 Å². The van der Waals surface area contributed by atoms with E-state index in [0.29, 0.717) is 5.92 Å². The maximum atomic E-state index is 10.7. The molecule has 2 aliphatic rings. The summed E-state index contributed by atoms with van der Waals surface area (Å²) in [5.41, 5.74) is 0.865. The monoisotopic (exact) mass is 294 g/mol. The molecule has 20 heavy (non-hydrogen) atoms. The number of nitrogens with zero attached hydrogens (tertiary/aromatic N) is 2. The second-order valence-corrected chi connectivity index (χ2v) is 7.46. The summed E-state index contributed by atoms with van der Waals surface area (Å²) in [4.78, 5) is 7.23. The van der Waals surface area contributed by atoms with Crippen LogP contribution >= 0.6 is 11.3 Å². The number of hydrogen-bond acceptors (Lipinski definition) is 4. The van der Waals surface area contributed by atoms with Crippen LogP contribution in [0.2, 0.25) is 0 Å². The van der Waals surface area contributed by atoms with E-state index in [-0.39, 0.29) is 5.60 Å². The predicted octanol–water partition coefficient (Wildman–Crippen LogP) is 3.22. The smallest absolute Gasteiger partial charge is 0.0928 e. The van der Waals surface area contributed by atoms with E-state index in [0.717, 1.165) is 38.9 Å². The van der Waals surface area contributed by atoms with E-state index in [2.05, 4.69) is 17.2 Å². The highest BCUT2D eigenvalue weighted by Crippen LogP contribution is 2.40. The summed E-state index contributed by atoms with van der Waals surface area (Å²) in [6.45, 7) is 5.24. The zero-order chi connectivity index (χ0) is 14.0. The molecule has 1 aromatic heterocycles. The summed E-state index contributed by atoms with van der Waals surface area (Å²) in [5, 5.41) is 14.2. The minimum atomic E-state index is -0.357. The molecule has 0 amide bonds. The van der Waals surface area contributed by atoms with Crippen molar-refractivity contribution in [3.63, 3.8) is 0 Å². The number of likely N-dealkylation sites (tertiary alicyclic amines) is 1. The van der Waals surface area contributed by atoms with Crippen LogP contribution in [0.15, 0.2) is 5.38 Å². The zero-order valence-corrected chi connectivity index (χ0v) is 13.3. The van der Waals surface area contributed by atoms with Gasteiger partial charge >= 0.3 is 0 Å². The topological polar surface area (TPSA) is 36.4 Å². The molecule has 3 nitrogen and oxygen atoms in total. The molecule has 1 saturated heterocycles. The van der Waals surface area contributed by atoms with E-state index >= 15 is 0 Å². The molecule has 0 aromatic carbocycles. The number of aryl methyl sites for hydroxylation is 1. The van der Waals surface area contributed by atoms with Gasteiger partial charge in [0.05, 0.1) is 16.3 Å². The van der Waals surface area contributed by atoms with Crippen molar-refractivity contribution in [3.8, 4) is 0 Å². The number of aromatic nitrogens is 1. The van der Waals surface area contributed by atoms with Crippen LogP contribution in [0.5, 0.6) is 0 Å². The Kier molecular flexibility index (Phi) is 4.43. The summed E-state index contributed by atoms with van der Waals surface area (Å²) < 4.78 is 0. The molecule has 0 spiro atoms. The molecule has 1 N–H and O–H groups in total. The molecule has 2 fully saturated rings. The summed E-state index contributed by atoms with van der Waals surface area (Å²) >= 11 is 1.80. The fourth-order valence-electron chi connectivity index (χ4n) is 3.76. The molecule has 2 unspecified atom stereocenters. The number of piperidine rings is 1. The Labute approximate surface area is 126 Å². The van der Waals surface area contributed by atoms with E-state index in [4.69, 9.17) is 4.98 Å². The number of aliphatic hydroxyl groups is 1. The van der Waals surface area contributed by atoms with Crippen molar-refractivity contribution in [3.05, 3.63) is 16.1 Å². The van der Waals surface area contributed by atoms with Crippen LogP contribution in [0.25, 0.3) is 0 Å². The Morgan fingerprint density at radius 2 is 2.35 bits per heavy atom. The third-order valence-corrected chi connectivity index (χ3v) is 5.92. The molecule has 3 rings (SSSR count). The van der Waals surface area contributed by atoms with Crippen molar-refractivity contribution < 1.29 is 5.11 Å². The van der Waals surface area contributed by atoms with Crippen molar-refractivity contribution >= 4 is 11.3 Å². The zero-order valence-electron chi connectivity index (χ0n) is 12.5. The molecule has 1 aliphatic carbocycles. The van der Waals surface area contributed by atoms with Gasteiger partial charge in [0, 0.05) is 30.9 Å². The molecule has 112 valence electrons. The lowest BCUT2D eigenvalue weighted by Gasteiger charge is -2.47. The summed E-state index contributed by atoms with van der Waals surface area (Å²) in [6, 6.07) is 0. The Balaban J connectivity index is 1.58. The van der Waals surface area contributed by atoms with Gasteiger partial charge in [0.25, 0.3) is 0 Å². The summed E-state index contributed by atoms with van der Waals surface area (Å²) in [7, 11) is 0. The first kappa shape index (κ1) is 14.5. The normalized spacial score (nSPS) is 31.2. The molecule has 4 heteroatoms. The molecular weight excluding hydrogens is 268 g/mol. The van der Waals surface area contributed by atoms with Crippen molar-refractivity contribution in [1.82, 2.24) is 9.88 Å². The van der Waals surface area contributed by atoms with Gasteiger partial charge in [-0.25, -0.2) is 4.98 Å². The standard InChI is InChI=1S/C16H26N2OS/c1-2-5-15-17-14(12-20-15)11-18-9-8-16(19)7-4-3-6-13(16)10-18/h12-13,19H,2-11H2,1H3. The van der Waals surface area contributed by atoms with Crippen LogP contribution in [-0.4, -0.2) is 33.7 Å². The number of rotatable bonds is 4. The lowest BCUT2D eigenvalue weighted by Crippen LogP contribution is -2.52. The van der Waals surface area contributed by atoms with Crippen molar-refractivity contribution in [2.45, 2.75) is 64.0 Å². The first-order valence-electron chi connectivity index (χ1n) is 8.07. The van der Waals surface area contributed by atoms with Crippen LogP contribution in [-0.2, 0) is 13.0 Å². The van der Waals surface area contributed by atoms with E-state index in [9.17, 15) is 5.11 Å². The highest BCUT2D eigenvalue weighted by Gasteiger charge is 2.42. The Morgan fingerprint density at radius 1 is 1.45 bits per heavy atom. The molecule has 1 aliphatic heterocycles. The fraction of sp³-hybridized carbons (Fsp3) is 0.812. The third-order valence-electron chi connectivity index (χ3n) is 4.96. The summed E-state index contributed by atoms with van der Waals surface area (Å²) in [5.74, 6) is 0.485. The predicted molar refractivity (Wildman–Crippen MR) is 82.9 cm³/mol. The van der Waals surface area contributed by atoms with Crippen molar-refractivity contribution in [2.75, 3.05) is 13.1 Å². The van der Waals surface area contributed by atoms with Gasteiger partial charge in [0.2, 0.25) is 0 Å². The average molecular weight is 294 g/mol. The first-order valence-corrected chi connectivity index (χ1v) is 8.95. The molecule has 2 heterocycles. The van der Waals surface area contributed by atoms with E-state index in [1.54, 1.807) is 11.3 Å².